The lowest BCUT2D eigenvalue weighted by atomic mass is 10.1. The minimum Gasteiger partial charge on any atom is -0.478 e. The van der Waals surface area contributed by atoms with Gasteiger partial charge in [-0.25, -0.2) is 4.79 Å². The van der Waals surface area contributed by atoms with Gasteiger partial charge in [0, 0.05) is 22.5 Å². The zero-order chi connectivity index (χ0) is 15.8. The second-order valence-corrected chi connectivity index (χ2v) is 7.32. The fraction of sp³-hybridized carbons (Fsp3) is 0.333. The van der Waals surface area contributed by atoms with Gasteiger partial charge in [-0.3, -0.25) is 4.79 Å². The third-order valence-electron chi connectivity index (χ3n) is 3.12. The minimum atomic E-state index is -4.64. The van der Waals surface area contributed by atoms with Crippen LogP contribution in [0.15, 0.2) is 18.2 Å². The van der Waals surface area contributed by atoms with Crippen LogP contribution in [0.3, 0.4) is 0 Å². The smallest absolute Gasteiger partial charge is 0.335 e. The standard InChI is InChI=1S/C12H11FINO5S/c13-21(19,20)6-7-3-11(16)15(5-7)10-4-8(12(17)18)1-2-9(10)14/h1-2,4,7H,3,5-6H2,(H,17,18). The van der Waals surface area contributed by atoms with Gasteiger partial charge in [0.05, 0.1) is 17.0 Å². The highest BCUT2D eigenvalue weighted by atomic mass is 127. The van der Waals surface area contributed by atoms with Gasteiger partial charge >= 0.3 is 16.2 Å². The Bertz CT molecular complexity index is 706. The lowest BCUT2D eigenvalue weighted by molar-refractivity contribution is -0.117. The Hall–Kier alpha value is -1.23. The topological polar surface area (TPSA) is 91.8 Å². The molecule has 1 aromatic carbocycles. The molecule has 0 spiro atoms. The molecule has 1 unspecified atom stereocenters. The summed E-state index contributed by atoms with van der Waals surface area (Å²) in [7, 11) is -4.64. The molecule has 1 heterocycles. The molecule has 9 heteroatoms. The van der Waals surface area contributed by atoms with E-state index in [4.69, 9.17) is 5.11 Å². The van der Waals surface area contributed by atoms with E-state index in [1.807, 2.05) is 22.6 Å². The van der Waals surface area contributed by atoms with Crippen LogP contribution < -0.4 is 4.90 Å². The molecule has 2 rings (SSSR count). The van der Waals surface area contributed by atoms with Crippen molar-refractivity contribution >= 4 is 50.4 Å². The van der Waals surface area contributed by atoms with E-state index in [1.54, 1.807) is 6.07 Å². The number of nitrogens with zero attached hydrogens (tertiary/aromatic N) is 1. The zero-order valence-corrected chi connectivity index (χ0v) is 13.6. The van der Waals surface area contributed by atoms with E-state index in [0.29, 0.717) is 9.26 Å². The van der Waals surface area contributed by atoms with Crippen molar-refractivity contribution in [1.82, 2.24) is 0 Å². The number of hydrogen-bond donors (Lipinski definition) is 1. The molecule has 1 fully saturated rings. The molecule has 0 radical (unpaired) electrons. The van der Waals surface area contributed by atoms with Crippen LogP contribution in [0.25, 0.3) is 0 Å². The molecule has 0 bridgehead atoms. The lowest BCUT2D eigenvalue weighted by Crippen LogP contribution is -2.26. The van der Waals surface area contributed by atoms with Crippen molar-refractivity contribution in [2.75, 3.05) is 17.2 Å². The molecule has 0 aliphatic carbocycles. The fourth-order valence-electron chi connectivity index (χ4n) is 2.26. The highest BCUT2D eigenvalue weighted by Crippen LogP contribution is 2.30. The number of halogens is 2. The number of benzene rings is 1. The zero-order valence-electron chi connectivity index (χ0n) is 10.6. The summed E-state index contributed by atoms with van der Waals surface area (Å²) in [5.74, 6) is -2.80. The van der Waals surface area contributed by atoms with E-state index in [1.165, 1.54) is 17.0 Å². The van der Waals surface area contributed by atoms with E-state index >= 15 is 0 Å². The minimum absolute atomic E-state index is 0.0276. The van der Waals surface area contributed by atoms with Crippen LogP contribution in [0.2, 0.25) is 0 Å². The number of hydrogen-bond acceptors (Lipinski definition) is 4. The van der Waals surface area contributed by atoms with Gasteiger partial charge in [0.25, 0.3) is 0 Å². The maximum Gasteiger partial charge on any atom is 0.335 e. The second kappa shape index (κ2) is 5.87. The average Bonchev–Trinajstić information content (AvgIpc) is 2.67. The Morgan fingerprint density at radius 1 is 1.48 bits per heavy atom. The third-order valence-corrected chi connectivity index (χ3v) is 4.91. The molecule has 0 aromatic heterocycles. The molecule has 1 aliphatic heterocycles. The molecule has 21 heavy (non-hydrogen) atoms. The number of aromatic carboxylic acids is 1. The highest BCUT2D eigenvalue weighted by molar-refractivity contribution is 14.1. The largest absolute Gasteiger partial charge is 0.478 e. The van der Waals surface area contributed by atoms with Crippen LogP contribution in [-0.2, 0) is 15.0 Å². The number of carboxylic acids is 1. The monoisotopic (exact) mass is 427 g/mol. The number of carbonyl (C=O) groups is 2. The van der Waals surface area contributed by atoms with Crippen LogP contribution in [-0.4, -0.2) is 37.7 Å². The third kappa shape index (κ3) is 3.90. The average molecular weight is 427 g/mol. The van der Waals surface area contributed by atoms with Crippen molar-refractivity contribution in [3.63, 3.8) is 0 Å². The second-order valence-electron chi connectivity index (χ2n) is 4.75. The van der Waals surface area contributed by atoms with Crippen molar-refractivity contribution in [3.8, 4) is 0 Å². The molecule has 1 atom stereocenters. The first kappa shape index (κ1) is 16.1. The van der Waals surface area contributed by atoms with Crippen molar-refractivity contribution in [2.24, 2.45) is 5.92 Å². The van der Waals surface area contributed by atoms with Gasteiger partial charge in [-0.05, 0) is 40.8 Å². The summed E-state index contributed by atoms with van der Waals surface area (Å²) >= 11 is 1.96. The summed E-state index contributed by atoms with van der Waals surface area (Å²) in [5, 5.41) is 8.98. The first-order valence-corrected chi connectivity index (χ1v) is 8.56. The number of carboxylic acid groups (broad SMARTS) is 1. The Morgan fingerprint density at radius 3 is 2.71 bits per heavy atom. The van der Waals surface area contributed by atoms with E-state index in [9.17, 15) is 21.9 Å². The summed E-state index contributed by atoms with van der Waals surface area (Å²) in [6.07, 6.45) is -0.0729. The summed E-state index contributed by atoms with van der Waals surface area (Å²) in [5.41, 5.74) is 0.430. The van der Waals surface area contributed by atoms with E-state index in [-0.39, 0.29) is 24.4 Å². The van der Waals surface area contributed by atoms with Crippen LogP contribution in [0.1, 0.15) is 16.8 Å². The Kier molecular flexibility index (Phi) is 4.51. The van der Waals surface area contributed by atoms with E-state index in [2.05, 4.69) is 0 Å². The SMILES string of the molecule is O=C(O)c1ccc(I)c(N2CC(CS(=O)(=O)F)CC2=O)c1. The number of amides is 1. The maximum absolute atomic E-state index is 12.7. The summed E-state index contributed by atoms with van der Waals surface area (Å²) < 4.78 is 34.7. The van der Waals surface area contributed by atoms with Crippen LogP contribution >= 0.6 is 22.6 Å². The Labute approximate surface area is 134 Å². The predicted octanol–water partition coefficient (Wildman–Crippen LogP) is 1.64. The Balaban J connectivity index is 2.28. The van der Waals surface area contributed by atoms with Gasteiger partial charge in [-0.15, -0.1) is 3.89 Å². The fourth-order valence-corrected chi connectivity index (χ4v) is 3.67. The van der Waals surface area contributed by atoms with Gasteiger partial charge in [0.2, 0.25) is 5.91 Å². The molecule has 114 valence electrons. The first-order chi connectivity index (χ1) is 9.67. The van der Waals surface area contributed by atoms with Crippen LogP contribution in [0.5, 0.6) is 0 Å². The lowest BCUT2D eigenvalue weighted by Gasteiger charge is -2.18. The molecule has 1 amide bonds. The van der Waals surface area contributed by atoms with Crippen LogP contribution in [0, 0.1) is 9.49 Å². The molecule has 0 saturated carbocycles. The molecule has 1 saturated heterocycles. The van der Waals surface area contributed by atoms with Crippen molar-refractivity contribution in [2.45, 2.75) is 6.42 Å². The van der Waals surface area contributed by atoms with Crippen molar-refractivity contribution in [3.05, 3.63) is 27.3 Å². The molecular formula is C12H11FINO5S. The number of carbonyl (C=O) groups excluding carboxylic acids is 1. The predicted molar refractivity (Wildman–Crippen MR) is 81.5 cm³/mol. The van der Waals surface area contributed by atoms with Crippen LogP contribution in [0.4, 0.5) is 9.57 Å². The van der Waals surface area contributed by atoms with Crippen molar-refractivity contribution < 1.29 is 27.0 Å². The van der Waals surface area contributed by atoms with E-state index in [0.717, 1.165) is 0 Å². The van der Waals surface area contributed by atoms with E-state index < -0.39 is 27.9 Å². The molecule has 1 N–H and O–H groups in total. The van der Waals surface area contributed by atoms with Gasteiger partial charge in [0.15, 0.2) is 0 Å². The summed E-state index contributed by atoms with van der Waals surface area (Å²) in [4.78, 5) is 24.2. The van der Waals surface area contributed by atoms with Gasteiger partial charge in [0.1, 0.15) is 0 Å². The molecular weight excluding hydrogens is 416 g/mol. The first-order valence-electron chi connectivity index (χ1n) is 5.93. The number of rotatable bonds is 4. The quantitative estimate of drug-likeness (QED) is 0.583. The normalized spacial score (nSPS) is 19.0. The summed E-state index contributed by atoms with van der Waals surface area (Å²) in [6.45, 7) is 0.0566. The Morgan fingerprint density at radius 2 is 2.14 bits per heavy atom. The van der Waals surface area contributed by atoms with Gasteiger partial charge in [-0.2, -0.15) is 8.42 Å². The molecule has 1 aliphatic rings. The molecule has 1 aromatic rings. The number of anilines is 1. The maximum atomic E-state index is 12.7. The molecule has 6 nitrogen and oxygen atoms in total. The van der Waals surface area contributed by atoms with Gasteiger partial charge in [-0.1, -0.05) is 0 Å². The van der Waals surface area contributed by atoms with Gasteiger partial charge < -0.3 is 10.0 Å². The highest BCUT2D eigenvalue weighted by Gasteiger charge is 2.34. The summed E-state index contributed by atoms with van der Waals surface area (Å²) in [6, 6.07) is 4.33. The van der Waals surface area contributed by atoms with Crippen molar-refractivity contribution in [1.29, 1.82) is 0 Å².